The number of aromatic nitrogens is 1. The fourth-order valence-corrected chi connectivity index (χ4v) is 1.61. The third-order valence-corrected chi connectivity index (χ3v) is 2.68. The second-order valence-electron chi connectivity index (χ2n) is 4.43. The smallest absolute Gasteiger partial charge is 0.133 e. The Bertz CT molecular complexity index is 502. The number of rotatable bonds is 2. The van der Waals surface area contributed by atoms with Gasteiger partial charge >= 0.3 is 0 Å². The van der Waals surface area contributed by atoms with Crippen molar-refractivity contribution in [1.29, 1.82) is 0 Å². The molecule has 130 valence electrons. The van der Waals surface area contributed by atoms with Gasteiger partial charge in [-0.1, -0.05) is 64.1 Å². The van der Waals surface area contributed by atoms with Gasteiger partial charge in [-0.05, 0) is 39.1 Å². The van der Waals surface area contributed by atoms with E-state index in [1.807, 2.05) is 52.1 Å². The molecule has 0 bridgehead atoms. The van der Waals surface area contributed by atoms with Gasteiger partial charge in [0.05, 0.1) is 5.69 Å². The van der Waals surface area contributed by atoms with Gasteiger partial charge in [0.15, 0.2) is 0 Å². The molecular weight excluding hydrogens is 307 g/mol. The predicted octanol–water partition coefficient (Wildman–Crippen LogP) is 6.50. The van der Waals surface area contributed by atoms with Crippen LogP contribution in [0.2, 0.25) is 0 Å². The summed E-state index contributed by atoms with van der Waals surface area (Å²) in [5.74, 6) is 0. The highest BCUT2D eigenvalue weighted by molar-refractivity contribution is 7.91. The van der Waals surface area contributed by atoms with Crippen LogP contribution in [-0.4, -0.2) is 23.4 Å². The summed E-state index contributed by atoms with van der Waals surface area (Å²) in [5.41, 5.74) is 4.71. The van der Waals surface area contributed by atoms with E-state index in [-0.39, 0.29) is 12.3 Å². The first kappa shape index (κ1) is 23.9. The van der Waals surface area contributed by atoms with E-state index in [0.717, 1.165) is 5.69 Å². The molecule has 1 heterocycles. The van der Waals surface area contributed by atoms with Crippen LogP contribution in [0, 0.1) is 13.8 Å². The molecule has 1 aromatic carbocycles. The standard InChI is InChI=1S/C13H13N.C2H6FNS.2C2H6/c1-10-8-11(2)13(14-9-10)12-6-4-3-5-7-12;1-4(2)5-3;2*1-2/h3-9H,1-2H3;1-2H3;2*1-2H3. The highest BCUT2D eigenvalue weighted by atomic mass is 32.2. The molecule has 0 aliphatic heterocycles. The summed E-state index contributed by atoms with van der Waals surface area (Å²) in [5, 5.41) is 0. The molecule has 0 spiro atoms. The highest BCUT2D eigenvalue weighted by Gasteiger charge is 2.01. The Morgan fingerprint density at radius 1 is 0.957 bits per heavy atom. The Kier molecular flexibility index (Phi) is 16.1. The Hall–Kier alpha value is -1.39. The Balaban J connectivity index is 0. The summed E-state index contributed by atoms with van der Waals surface area (Å²) in [7, 11) is 3.29. The van der Waals surface area contributed by atoms with E-state index in [1.54, 1.807) is 14.1 Å². The maximum Gasteiger partial charge on any atom is 0.133 e. The van der Waals surface area contributed by atoms with E-state index < -0.39 is 0 Å². The molecule has 0 aliphatic carbocycles. The number of pyridine rings is 1. The predicted molar refractivity (Wildman–Crippen MR) is 104 cm³/mol. The molecule has 23 heavy (non-hydrogen) atoms. The van der Waals surface area contributed by atoms with Crippen molar-refractivity contribution < 1.29 is 3.89 Å². The molecule has 0 saturated carbocycles. The first-order chi connectivity index (χ1) is 11.0. The normalized spacial score (nSPS) is 8.78. The van der Waals surface area contributed by atoms with Crippen molar-refractivity contribution in [3.05, 3.63) is 53.7 Å². The molecular formula is C19H31FN2S. The minimum absolute atomic E-state index is 0.213. The molecule has 0 fully saturated rings. The fraction of sp³-hybridized carbons (Fsp3) is 0.421. The SMILES string of the molecule is CC.CC.CN(C)SF.Cc1cnc(-c2ccccc2)c(C)c1. The maximum atomic E-state index is 11.0. The maximum absolute atomic E-state index is 11.0. The van der Waals surface area contributed by atoms with Crippen LogP contribution in [0.15, 0.2) is 42.6 Å². The molecule has 0 unspecified atom stereocenters. The molecule has 1 aromatic heterocycles. The molecule has 0 saturated heterocycles. The Morgan fingerprint density at radius 3 is 1.83 bits per heavy atom. The van der Waals surface area contributed by atoms with Crippen molar-refractivity contribution in [2.24, 2.45) is 0 Å². The van der Waals surface area contributed by atoms with Crippen molar-refractivity contribution in [2.45, 2.75) is 41.5 Å². The van der Waals surface area contributed by atoms with Gasteiger partial charge in [-0.15, -0.1) is 3.89 Å². The number of halogens is 1. The Morgan fingerprint density at radius 2 is 1.43 bits per heavy atom. The van der Waals surface area contributed by atoms with Gasteiger partial charge in [0.1, 0.15) is 12.3 Å². The highest BCUT2D eigenvalue weighted by Crippen LogP contribution is 2.20. The topological polar surface area (TPSA) is 16.1 Å². The van der Waals surface area contributed by atoms with E-state index in [1.165, 1.54) is 21.0 Å². The number of benzene rings is 1. The number of aryl methyl sites for hydroxylation is 2. The van der Waals surface area contributed by atoms with Crippen LogP contribution in [0.4, 0.5) is 3.89 Å². The van der Waals surface area contributed by atoms with E-state index >= 15 is 0 Å². The third-order valence-electron chi connectivity index (χ3n) is 2.40. The van der Waals surface area contributed by atoms with Crippen molar-refractivity contribution >= 4 is 12.3 Å². The molecule has 0 N–H and O–H groups in total. The van der Waals surface area contributed by atoms with E-state index in [9.17, 15) is 3.89 Å². The lowest BCUT2D eigenvalue weighted by Gasteiger charge is -2.05. The lowest BCUT2D eigenvalue weighted by Crippen LogP contribution is -1.94. The van der Waals surface area contributed by atoms with Crippen molar-refractivity contribution in [1.82, 2.24) is 9.29 Å². The molecule has 2 aromatic rings. The third kappa shape index (κ3) is 10.9. The van der Waals surface area contributed by atoms with Crippen LogP contribution >= 0.6 is 12.3 Å². The molecule has 0 amide bonds. The summed E-state index contributed by atoms with van der Waals surface area (Å²) >= 11 is 0.213. The molecule has 4 heteroatoms. The zero-order valence-electron chi connectivity index (χ0n) is 15.7. The van der Waals surface area contributed by atoms with Crippen molar-refractivity contribution in [3.8, 4) is 11.3 Å². The lowest BCUT2D eigenvalue weighted by atomic mass is 10.1. The van der Waals surface area contributed by atoms with Crippen LogP contribution in [0.3, 0.4) is 0 Å². The van der Waals surface area contributed by atoms with Gasteiger partial charge < -0.3 is 0 Å². The summed E-state index contributed by atoms with van der Waals surface area (Å²) in [6.45, 7) is 12.2. The van der Waals surface area contributed by atoms with Gasteiger partial charge in [-0.25, -0.2) is 4.31 Å². The average Bonchev–Trinajstić information content (AvgIpc) is 2.60. The average molecular weight is 339 g/mol. The zero-order valence-corrected chi connectivity index (χ0v) is 16.5. The second-order valence-corrected chi connectivity index (χ2v) is 5.29. The van der Waals surface area contributed by atoms with Crippen LogP contribution in [0.1, 0.15) is 38.8 Å². The zero-order chi connectivity index (χ0) is 18.3. The quantitative estimate of drug-likeness (QED) is 0.581. The summed E-state index contributed by atoms with van der Waals surface area (Å²) in [4.78, 5) is 4.45. The van der Waals surface area contributed by atoms with Crippen LogP contribution in [0.5, 0.6) is 0 Å². The Labute approximate surface area is 146 Å². The van der Waals surface area contributed by atoms with Gasteiger partial charge in [-0.3, -0.25) is 4.98 Å². The molecule has 2 nitrogen and oxygen atoms in total. The monoisotopic (exact) mass is 338 g/mol. The second kappa shape index (κ2) is 15.5. The molecule has 0 radical (unpaired) electrons. The van der Waals surface area contributed by atoms with Crippen LogP contribution < -0.4 is 0 Å². The van der Waals surface area contributed by atoms with E-state index in [2.05, 4.69) is 37.0 Å². The first-order valence-corrected chi connectivity index (χ1v) is 8.66. The van der Waals surface area contributed by atoms with Gasteiger partial charge in [0.2, 0.25) is 0 Å². The molecule has 0 aliphatic rings. The number of hydrogen-bond acceptors (Lipinski definition) is 3. The van der Waals surface area contributed by atoms with Gasteiger partial charge in [-0.2, -0.15) is 0 Å². The fourth-order valence-electron chi connectivity index (χ4n) is 1.61. The minimum atomic E-state index is 0.213. The van der Waals surface area contributed by atoms with E-state index in [0.29, 0.717) is 0 Å². The number of nitrogens with zero attached hydrogens (tertiary/aromatic N) is 2. The molecule has 0 atom stereocenters. The minimum Gasteiger partial charge on any atom is -0.256 e. The van der Waals surface area contributed by atoms with E-state index in [4.69, 9.17) is 0 Å². The summed E-state index contributed by atoms with van der Waals surface area (Å²) < 4.78 is 12.3. The lowest BCUT2D eigenvalue weighted by molar-refractivity contribution is 0.667. The summed E-state index contributed by atoms with van der Waals surface area (Å²) in [6.07, 6.45) is 1.91. The number of hydrogen-bond donors (Lipinski definition) is 0. The largest absolute Gasteiger partial charge is 0.256 e. The van der Waals surface area contributed by atoms with Gasteiger partial charge in [0, 0.05) is 11.8 Å². The summed E-state index contributed by atoms with van der Waals surface area (Å²) in [6, 6.07) is 12.4. The van der Waals surface area contributed by atoms with Crippen LogP contribution in [-0.2, 0) is 0 Å². The van der Waals surface area contributed by atoms with Crippen molar-refractivity contribution in [3.63, 3.8) is 0 Å². The molecule has 2 rings (SSSR count). The first-order valence-electron chi connectivity index (χ1n) is 7.99. The van der Waals surface area contributed by atoms with Gasteiger partial charge in [0.25, 0.3) is 0 Å². The van der Waals surface area contributed by atoms with Crippen molar-refractivity contribution in [2.75, 3.05) is 14.1 Å². The van der Waals surface area contributed by atoms with Crippen LogP contribution in [0.25, 0.3) is 11.3 Å².